The van der Waals surface area contributed by atoms with Gasteiger partial charge in [0.25, 0.3) is 5.91 Å². The van der Waals surface area contributed by atoms with E-state index in [2.05, 4.69) is 30.9 Å². The van der Waals surface area contributed by atoms with Crippen molar-refractivity contribution in [2.45, 2.75) is 39.8 Å². The number of rotatable bonds is 9. The highest BCUT2D eigenvalue weighted by Gasteiger charge is 2.35. The van der Waals surface area contributed by atoms with Gasteiger partial charge in [-0.05, 0) is 57.0 Å². The second-order valence-corrected chi connectivity index (χ2v) is 9.99. The number of nitrogens with zero attached hydrogens (tertiary/aromatic N) is 2. The molecule has 1 aliphatic heterocycles. The minimum atomic E-state index is -3.13. The summed E-state index contributed by atoms with van der Waals surface area (Å²) in [6.45, 7) is 8.78. The standard InChI is InChI=1S/C24H32N2O4S/c1-4-25(5-2)20-13-11-19(12-14-20)17-26(21-15-16-31(28,29)18-21)24(27)22-9-7-8-10-23(22)30-6-3/h7-14,21H,4-6,15-18H2,1-3H3/t21-/m1/s1. The van der Waals surface area contributed by atoms with Gasteiger partial charge in [0.1, 0.15) is 5.75 Å². The summed E-state index contributed by atoms with van der Waals surface area (Å²) < 4.78 is 29.9. The molecule has 0 bridgehead atoms. The minimum Gasteiger partial charge on any atom is -0.493 e. The predicted octanol–water partition coefficient (Wildman–Crippen LogP) is 3.76. The number of carbonyl (C=O) groups excluding carboxylic acids is 1. The van der Waals surface area contributed by atoms with Crippen molar-refractivity contribution in [3.63, 3.8) is 0 Å². The molecule has 31 heavy (non-hydrogen) atoms. The Labute approximate surface area is 185 Å². The van der Waals surface area contributed by atoms with Gasteiger partial charge < -0.3 is 14.5 Å². The lowest BCUT2D eigenvalue weighted by molar-refractivity contribution is 0.0676. The van der Waals surface area contributed by atoms with Gasteiger partial charge in [0.2, 0.25) is 0 Å². The molecular weight excluding hydrogens is 412 g/mol. The van der Waals surface area contributed by atoms with Gasteiger partial charge in [0.05, 0.1) is 23.7 Å². The molecule has 0 saturated carbocycles. The molecule has 3 rings (SSSR count). The van der Waals surface area contributed by atoms with E-state index < -0.39 is 9.84 Å². The van der Waals surface area contributed by atoms with Gasteiger partial charge in [-0.2, -0.15) is 0 Å². The van der Waals surface area contributed by atoms with E-state index >= 15 is 0 Å². The first-order chi connectivity index (χ1) is 14.9. The summed E-state index contributed by atoms with van der Waals surface area (Å²) in [7, 11) is -3.13. The van der Waals surface area contributed by atoms with Crippen LogP contribution in [-0.4, -0.2) is 56.5 Å². The molecule has 0 aliphatic carbocycles. The van der Waals surface area contributed by atoms with Crippen molar-refractivity contribution in [2.24, 2.45) is 0 Å². The van der Waals surface area contributed by atoms with Crippen LogP contribution in [0.2, 0.25) is 0 Å². The Balaban J connectivity index is 1.90. The van der Waals surface area contributed by atoms with E-state index in [1.165, 1.54) is 0 Å². The number of benzene rings is 2. The number of para-hydroxylation sites is 1. The highest BCUT2D eigenvalue weighted by molar-refractivity contribution is 7.91. The fraction of sp³-hybridized carbons (Fsp3) is 0.458. The van der Waals surface area contributed by atoms with Crippen molar-refractivity contribution in [1.82, 2.24) is 4.90 Å². The van der Waals surface area contributed by atoms with Gasteiger partial charge >= 0.3 is 0 Å². The topological polar surface area (TPSA) is 66.9 Å². The molecule has 2 aromatic rings. The van der Waals surface area contributed by atoms with E-state index in [1.54, 1.807) is 23.1 Å². The molecule has 168 valence electrons. The molecule has 1 fully saturated rings. The summed E-state index contributed by atoms with van der Waals surface area (Å²) in [5, 5.41) is 0. The fourth-order valence-electron chi connectivity index (χ4n) is 4.06. The minimum absolute atomic E-state index is 0.00702. The predicted molar refractivity (Wildman–Crippen MR) is 125 cm³/mol. The number of amides is 1. The average molecular weight is 445 g/mol. The highest BCUT2D eigenvalue weighted by atomic mass is 32.2. The van der Waals surface area contributed by atoms with Gasteiger partial charge in [-0.15, -0.1) is 0 Å². The third kappa shape index (κ3) is 5.58. The molecule has 0 radical (unpaired) electrons. The van der Waals surface area contributed by atoms with Crippen LogP contribution < -0.4 is 9.64 Å². The van der Waals surface area contributed by atoms with Crippen LogP contribution in [0.15, 0.2) is 48.5 Å². The molecule has 0 unspecified atom stereocenters. The average Bonchev–Trinajstić information content (AvgIpc) is 3.13. The molecular formula is C24H32N2O4S. The lowest BCUT2D eigenvalue weighted by Gasteiger charge is -2.29. The monoisotopic (exact) mass is 444 g/mol. The normalized spacial score (nSPS) is 17.3. The van der Waals surface area contributed by atoms with E-state index in [-0.39, 0.29) is 23.5 Å². The van der Waals surface area contributed by atoms with E-state index in [0.717, 1.165) is 24.3 Å². The van der Waals surface area contributed by atoms with E-state index in [0.29, 0.717) is 30.9 Å². The van der Waals surface area contributed by atoms with Crippen molar-refractivity contribution in [1.29, 1.82) is 0 Å². The molecule has 2 aromatic carbocycles. The first kappa shape index (κ1) is 23.1. The summed E-state index contributed by atoms with van der Waals surface area (Å²) >= 11 is 0. The van der Waals surface area contributed by atoms with Crippen molar-refractivity contribution < 1.29 is 17.9 Å². The number of anilines is 1. The molecule has 7 heteroatoms. The Morgan fingerprint density at radius 1 is 1.03 bits per heavy atom. The molecule has 6 nitrogen and oxygen atoms in total. The van der Waals surface area contributed by atoms with Crippen LogP contribution in [0, 0.1) is 0 Å². The van der Waals surface area contributed by atoms with E-state index in [9.17, 15) is 13.2 Å². The Morgan fingerprint density at radius 3 is 2.29 bits per heavy atom. The molecule has 1 aliphatic rings. The molecule has 1 saturated heterocycles. The zero-order chi connectivity index (χ0) is 22.4. The van der Waals surface area contributed by atoms with Crippen LogP contribution in [-0.2, 0) is 16.4 Å². The van der Waals surface area contributed by atoms with E-state index in [1.807, 2.05) is 25.1 Å². The summed E-state index contributed by atoms with van der Waals surface area (Å²) in [4.78, 5) is 17.5. The maximum Gasteiger partial charge on any atom is 0.258 e. The summed E-state index contributed by atoms with van der Waals surface area (Å²) in [6, 6.07) is 15.0. The van der Waals surface area contributed by atoms with Gasteiger partial charge in [-0.1, -0.05) is 24.3 Å². The Bertz CT molecular complexity index is 985. The summed E-state index contributed by atoms with van der Waals surface area (Å²) in [6.07, 6.45) is 0.461. The quantitative estimate of drug-likeness (QED) is 0.589. The van der Waals surface area contributed by atoms with Crippen molar-refractivity contribution >= 4 is 21.4 Å². The smallest absolute Gasteiger partial charge is 0.258 e. The van der Waals surface area contributed by atoms with Gasteiger partial charge in [-0.25, -0.2) is 8.42 Å². The van der Waals surface area contributed by atoms with Crippen molar-refractivity contribution in [3.05, 3.63) is 59.7 Å². The molecule has 1 atom stereocenters. The van der Waals surface area contributed by atoms with Crippen LogP contribution >= 0.6 is 0 Å². The van der Waals surface area contributed by atoms with Crippen LogP contribution in [0.4, 0.5) is 5.69 Å². The lowest BCUT2D eigenvalue weighted by Crippen LogP contribution is -2.40. The third-order valence-electron chi connectivity index (χ3n) is 5.75. The van der Waals surface area contributed by atoms with E-state index in [4.69, 9.17) is 4.74 Å². The van der Waals surface area contributed by atoms with Gasteiger partial charge in [0, 0.05) is 31.4 Å². The fourth-order valence-corrected chi connectivity index (χ4v) is 5.80. The van der Waals surface area contributed by atoms with Gasteiger partial charge in [-0.3, -0.25) is 4.79 Å². The SMILES string of the molecule is CCOc1ccccc1C(=O)N(Cc1ccc(N(CC)CC)cc1)[C@@H]1CCS(=O)(=O)C1. The molecule has 1 heterocycles. The maximum atomic E-state index is 13.6. The number of carbonyl (C=O) groups is 1. The van der Waals surface area contributed by atoms with Crippen LogP contribution in [0.25, 0.3) is 0 Å². The number of sulfone groups is 1. The molecule has 0 N–H and O–H groups in total. The lowest BCUT2D eigenvalue weighted by atomic mass is 10.1. The second kappa shape index (κ2) is 10.2. The van der Waals surface area contributed by atoms with Crippen molar-refractivity contribution in [3.8, 4) is 5.75 Å². The molecule has 0 spiro atoms. The summed E-state index contributed by atoms with van der Waals surface area (Å²) in [5.74, 6) is 0.458. The third-order valence-corrected chi connectivity index (χ3v) is 7.50. The van der Waals surface area contributed by atoms with Crippen LogP contribution in [0.1, 0.15) is 43.1 Å². The molecule has 0 aromatic heterocycles. The Hall–Kier alpha value is -2.54. The van der Waals surface area contributed by atoms with Crippen LogP contribution in [0.3, 0.4) is 0 Å². The first-order valence-electron chi connectivity index (χ1n) is 11.0. The number of hydrogen-bond acceptors (Lipinski definition) is 5. The van der Waals surface area contributed by atoms with Crippen molar-refractivity contribution in [2.75, 3.05) is 36.1 Å². The second-order valence-electron chi connectivity index (χ2n) is 7.76. The summed E-state index contributed by atoms with van der Waals surface area (Å²) in [5.41, 5.74) is 2.58. The first-order valence-corrected chi connectivity index (χ1v) is 12.8. The largest absolute Gasteiger partial charge is 0.493 e. The zero-order valence-electron chi connectivity index (χ0n) is 18.6. The Kier molecular flexibility index (Phi) is 7.59. The number of hydrogen-bond donors (Lipinski definition) is 0. The van der Waals surface area contributed by atoms with Crippen LogP contribution in [0.5, 0.6) is 5.75 Å². The molecule has 1 amide bonds. The Morgan fingerprint density at radius 2 is 1.71 bits per heavy atom. The maximum absolute atomic E-state index is 13.6. The number of ether oxygens (including phenoxy) is 1. The zero-order valence-corrected chi connectivity index (χ0v) is 19.4. The van der Waals surface area contributed by atoms with Gasteiger partial charge in [0.15, 0.2) is 9.84 Å². The highest BCUT2D eigenvalue weighted by Crippen LogP contribution is 2.27.